The molecule has 2 fully saturated rings. The van der Waals surface area contributed by atoms with Crippen LogP contribution in [0.3, 0.4) is 0 Å². The Morgan fingerprint density at radius 2 is 2.00 bits per heavy atom. The van der Waals surface area contributed by atoms with Crippen molar-refractivity contribution in [2.75, 3.05) is 26.2 Å². The maximum Gasteiger partial charge on any atom is 0.255 e. The monoisotopic (exact) mass is 341 g/mol. The number of piperidine rings is 1. The molecule has 0 aromatic carbocycles. The van der Waals surface area contributed by atoms with Gasteiger partial charge in [-0.1, -0.05) is 6.07 Å². The van der Waals surface area contributed by atoms with E-state index in [1.165, 1.54) is 17.7 Å². The largest absolute Gasteiger partial charge is 0.338 e. The number of aromatic nitrogens is 1. The van der Waals surface area contributed by atoms with Crippen LogP contribution in [0.15, 0.2) is 42.0 Å². The van der Waals surface area contributed by atoms with Gasteiger partial charge >= 0.3 is 0 Å². The van der Waals surface area contributed by atoms with Crippen LogP contribution in [0.25, 0.3) is 0 Å². The second-order valence-corrected chi connectivity index (χ2v) is 8.11. The fourth-order valence-corrected chi connectivity index (χ4v) is 4.74. The minimum Gasteiger partial charge on any atom is -0.338 e. The summed E-state index contributed by atoms with van der Waals surface area (Å²) in [7, 11) is 0. The minimum atomic E-state index is 0.140. The van der Waals surface area contributed by atoms with E-state index in [1.807, 2.05) is 28.4 Å². The Kier molecular flexibility index (Phi) is 4.37. The number of likely N-dealkylation sites (tertiary alicyclic amines) is 2. The van der Waals surface area contributed by atoms with E-state index in [1.54, 1.807) is 12.4 Å². The standard InChI is InChI=1S/C19H23N3OS/c23-18(16-3-1-8-20-13-16)22-11-7-19(15-22)5-9-21(10-6-19)14-17-4-2-12-24-17/h1-4,8,12-13H,5-7,9-11,14-15H2. The summed E-state index contributed by atoms with van der Waals surface area (Å²) >= 11 is 1.84. The molecule has 0 atom stereocenters. The molecular formula is C19H23N3OS. The number of carbonyl (C=O) groups excluding carboxylic acids is 1. The number of carbonyl (C=O) groups is 1. The minimum absolute atomic E-state index is 0.140. The van der Waals surface area contributed by atoms with Gasteiger partial charge in [-0.05, 0) is 61.3 Å². The zero-order chi connectivity index (χ0) is 16.4. The number of rotatable bonds is 3. The van der Waals surface area contributed by atoms with E-state index in [9.17, 15) is 4.79 Å². The zero-order valence-corrected chi connectivity index (χ0v) is 14.7. The highest BCUT2D eigenvalue weighted by Gasteiger charge is 2.42. The Morgan fingerprint density at radius 1 is 1.17 bits per heavy atom. The third kappa shape index (κ3) is 3.23. The van der Waals surface area contributed by atoms with E-state index in [0.717, 1.165) is 39.1 Å². The lowest BCUT2D eigenvalue weighted by atomic mass is 9.78. The van der Waals surface area contributed by atoms with Crippen molar-refractivity contribution in [2.24, 2.45) is 5.41 Å². The molecule has 2 aliphatic rings. The van der Waals surface area contributed by atoms with Crippen molar-refractivity contribution < 1.29 is 4.79 Å². The lowest BCUT2D eigenvalue weighted by molar-refractivity contribution is 0.0714. The highest BCUT2D eigenvalue weighted by molar-refractivity contribution is 7.09. The summed E-state index contributed by atoms with van der Waals surface area (Å²) < 4.78 is 0. The molecule has 24 heavy (non-hydrogen) atoms. The second-order valence-electron chi connectivity index (χ2n) is 7.07. The van der Waals surface area contributed by atoms with E-state index in [0.29, 0.717) is 11.0 Å². The number of hydrogen-bond acceptors (Lipinski definition) is 4. The van der Waals surface area contributed by atoms with E-state index in [2.05, 4.69) is 27.4 Å². The zero-order valence-electron chi connectivity index (χ0n) is 13.9. The van der Waals surface area contributed by atoms with Gasteiger partial charge in [-0.2, -0.15) is 0 Å². The van der Waals surface area contributed by atoms with Gasteiger partial charge in [-0.15, -0.1) is 11.3 Å². The van der Waals surface area contributed by atoms with Crippen LogP contribution in [-0.4, -0.2) is 46.9 Å². The summed E-state index contributed by atoms with van der Waals surface area (Å²) in [5.41, 5.74) is 1.05. The molecule has 0 saturated carbocycles. The van der Waals surface area contributed by atoms with Gasteiger partial charge in [0.2, 0.25) is 0 Å². The SMILES string of the molecule is O=C(c1cccnc1)N1CCC2(CCN(Cc3cccs3)CC2)C1. The molecule has 0 aliphatic carbocycles. The van der Waals surface area contributed by atoms with E-state index in [-0.39, 0.29) is 5.91 Å². The van der Waals surface area contributed by atoms with Crippen LogP contribution in [-0.2, 0) is 6.54 Å². The molecule has 0 N–H and O–H groups in total. The summed E-state index contributed by atoms with van der Waals surface area (Å²) in [5.74, 6) is 0.140. The van der Waals surface area contributed by atoms with Crippen molar-refractivity contribution in [1.29, 1.82) is 0 Å². The number of nitrogens with zero attached hydrogens (tertiary/aromatic N) is 3. The van der Waals surface area contributed by atoms with Crippen molar-refractivity contribution in [3.05, 3.63) is 52.5 Å². The average Bonchev–Trinajstić information content (AvgIpc) is 3.28. The van der Waals surface area contributed by atoms with Crippen LogP contribution in [0, 0.1) is 5.41 Å². The van der Waals surface area contributed by atoms with Crippen molar-refractivity contribution >= 4 is 17.2 Å². The Labute approximate surface area is 147 Å². The molecule has 1 spiro atoms. The Morgan fingerprint density at radius 3 is 2.71 bits per heavy atom. The van der Waals surface area contributed by atoms with Gasteiger partial charge in [0.15, 0.2) is 0 Å². The summed E-state index contributed by atoms with van der Waals surface area (Å²) in [5, 5.41) is 2.15. The van der Waals surface area contributed by atoms with Crippen molar-refractivity contribution in [1.82, 2.24) is 14.8 Å². The van der Waals surface area contributed by atoms with Gasteiger partial charge in [0.1, 0.15) is 0 Å². The Bertz CT molecular complexity index is 678. The molecular weight excluding hydrogens is 318 g/mol. The van der Waals surface area contributed by atoms with E-state index < -0.39 is 0 Å². The van der Waals surface area contributed by atoms with Gasteiger partial charge < -0.3 is 4.90 Å². The predicted octanol–water partition coefficient (Wildman–Crippen LogP) is 3.27. The van der Waals surface area contributed by atoms with Gasteiger partial charge in [0.05, 0.1) is 5.56 Å². The lowest BCUT2D eigenvalue weighted by Gasteiger charge is -2.39. The first-order chi connectivity index (χ1) is 11.7. The highest BCUT2D eigenvalue weighted by Crippen LogP contribution is 2.41. The van der Waals surface area contributed by atoms with Gasteiger partial charge in [-0.25, -0.2) is 0 Å². The fourth-order valence-electron chi connectivity index (χ4n) is 4.00. The Hall–Kier alpha value is -1.72. The molecule has 2 aromatic rings. The molecule has 126 valence electrons. The molecule has 4 rings (SSSR count). The van der Waals surface area contributed by atoms with Crippen LogP contribution >= 0.6 is 11.3 Å². The Balaban J connectivity index is 1.34. The molecule has 2 saturated heterocycles. The number of hydrogen-bond donors (Lipinski definition) is 0. The maximum atomic E-state index is 12.6. The smallest absolute Gasteiger partial charge is 0.255 e. The maximum absolute atomic E-state index is 12.6. The van der Waals surface area contributed by atoms with Crippen molar-refractivity contribution in [3.63, 3.8) is 0 Å². The molecule has 2 aromatic heterocycles. The first-order valence-electron chi connectivity index (χ1n) is 8.68. The first-order valence-corrected chi connectivity index (χ1v) is 9.56. The molecule has 2 aliphatic heterocycles. The van der Waals surface area contributed by atoms with Crippen LogP contribution in [0.2, 0.25) is 0 Å². The number of amides is 1. The van der Waals surface area contributed by atoms with Crippen LogP contribution in [0.5, 0.6) is 0 Å². The molecule has 4 nitrogen and oxygen atoms in total. The topological polar surface area (TPSA) is 36.4 Å². The molecule has 1 amide bonds. The van der Waals surface area contributed by atoms with Crippen molar-refractivity contribution in [2.45, 2.75) is 25.8 Å². The number of pyridine rings is 1. The van der Waals surface area contributed by atoms with Crippen LogP contribution in [0.1, 0.15) is 34.5 Å². The summed E-state index contributed by atoms with van der Waals surface area (Å²) in [6.45, 7) is 5.16. The fraction of sp³-hybridized carbons (Fsp3) is 0.474. The second kappa shape index (κ2) is 6.65. The van der Waals surface area contributed by atoms with Crippen molar-refractivity contribution in [3.8, 4) is 0 Å². The van der Waals surface area contributed by atoms with E-state index >= 15 is 0 Å². The van der Waals surface area contributed by atoms with Gasteiger partial charge in [0, 0.05) is 36.9 Å². The summed E-state index contributed by atoms with van der Waals surface area (Å²) in [6.07, 6.45) is 6.94. The molecule has 0 bridgehead atoms. The van der Waals surface area contributed by atoms with Crippen LogP contribution < -0.4 is 0 Å². The van der Waals surface area contributed by atoms with Crippen LogP contribution in [0.4, 0.5) is 0 Å². The quantitative estimate of drug-likeness (QED) is 0.860. The molecule has 5 heteroatoms. The third-order valence-corrected chi connectivity index (χ3v) is 6.37. The third-order valence-electron chi connectivity index (χ3n) is 5.51. The van der Waals surface area contributed by atoms with Gasteiger partial charge in [-0.3, -0.25) is 14.7 Å². The molecule has 0 radical (unpaired) electrons. The first kappa shape index (κ1) is 15.8. The molecule has 0 unspecified atom stereocenters. The van der Waals surface area contributed by atoms with Gasteiger partial charge in [0.25, 0.3) is 5.91 Å². The molecule has 4 heterocycles. The lowest BCUT2D eigenvalue weighted by Crippen LogP contribution is -2.41. The average molecular weight is 341 g/mol. The number of thiophene rings is 1. The van der Waals surface area contributed by atoms with E-state index in [4.69, 9.17) is 0 Å². The summed E-state index contributed by atoms with van der Waals surface area (Å²) in [4.78, 5) is 22.7. The predicted molar refractivity (Wildman–Crippen MR) is 96.0 cm³/mol. The normalized spacial score (nSPS) is 20.6. The highest BCUT2D eigenvalue weighted by atomic mass is 32.1. The summed E-state index contributed by atoms with van der Waals surface area (Å²) in [6, 6.07) is 8.05.